The van der Waals surface area contributed by atoms with Gasteiger partial charge in [0, 0.05) is 40.0 Å². The average Bonchev–Trinajstić information content (AvgIpc) is 3.27. The molecule has 1 aliphatic heterocycles. The van der Waals surface area contributed by atoms with E-state index >= 15 is 4.39 Å². The van der Waals surface area contributed by atoms with Gasteiger partial charge in [0.2, 0.25) is 0 Å². The molecule has 0 atom stereocenters. The molecule has 0 bridgehead atoms. The highest BCUT2D eigenvalue weighted by Crippen LogP contribution is 2.42. The number of thiophene rings is 1. The summed E-state index contributed by atoms with van der Waals surface area (Å²) < 4.78 is 22.3. The van der Waals surface area contributed by atoms with Crippen LogP contribution in [0.1, 0.15) is 45.0 Å². The fraction of sp³-hybridized carbons (Fsp3) is 0.348. The third-order valence-electron chi connectivity index (χ3n) is 6.13. The van der Waals surface area contributed by atoms with E-state index in [9.17, 15) is 9.59 Å². The molecule has 3 heterocycles. The van der Waals surface area contributed by atoms with E-state index in [1.807, 2.05) is 27.0 Å². The van der Waals surface area contributed by atoms with Crippen molar-refractivity contribution in [2.75, 3.05) is 11.5 Å². The zero-order valence-electron chi connectivity index (χ0n) is 17.6. The van der Waals surface area contributed by atoms with E-state index in [-0.39, 0.29) is 24.0 Å². The van der Waals surface area contributed by atoms with Gasteiger partial charge >= 0.3 is 0 Å². The van der Waals surface area contributed by atoms with Gasteiger partial charge in [0.05, 0.1) is 17.9 Å². The van der Waals surface area contributed by atoms with Crippen molar-refractivity contribution >= 4 is 28.7 Å². The molecular weight excluding hydrogens is 417 g/mol. The van der Waals surface area contributed by atoms with Gasteiger partial charge in [-0.15, -0.1) is 11.3 Å². The molecule has 0 spiro atoms. The number of Topliss-reactive ketones (excluding diaryl/α,β-unsaturated/α-hetero) is 1. The quantitative estimate of drug-likeness (QED) is 0.609. The Morgan fingerprint density at radius 1 is 1.19 bits per heavy atom. The van der Waals surface area contributed by atoms with E-state index in [0.717, 1.165) is 45.1 Å². The van der Waals surface area contributed by atoms with Gasteiger partial charge in [-0.1, -0.05) is 0 Å². The lowest BCUT2D eigenvalue weighted by Crippen LogP contribution is -2.38. The molecule has 160 valence electrons. The van der Waals surface area contributed by atoms with Crippen LogP contribution in [0.15, 0.2) is 18.2 Å². The van der Waals surface area contributed by atoms with Crippen LogP contribution in [-0.4, -0.2) is 28.1 Å². The molecule has 1 aromatic carbocycles. The number of nitrogens with zero attached hydrogens (tertiary/aromatic N) is 3. The first-order valence-electron chi connectivity index (χ1n) is 10.3. The number of halogens is 1. The Morgan fingerprint density at radius 2 is 2.00 bits per heavy atom. The standard InChI is InChI=1S/C23H22FN3O3S/c1-12-16(13(2)26(3)25-12)10-27-18-8-14(7-17(24)23(18)30-11-22(27)29)21-9-15-19(28)5-4-6-20(15)31-21/h7-9H,4-6,10-11H2,1-3H3. The monoisotopic (exact) mass is 439 g/mol. The number of amides is 1. The van der Waals surface area contributed by atoms with Gasteiger partial charge in [-0.25, -0.2) is 4.39 Å². The Kier molecular flexibility index (Phi) is 4.69. The van der Waals surface area contributed by atoms with Gasteiger partial charge in [-0.3, -0.25) is 14.3 Å². The molecular formula is C23H22FN3O3S. The number of ketones is 1. The fourth-order valence-corrected chi connectivity index (χ4v) is 5.53. The molecule has 31 heavy (non-hydrogen) atoms. The Labute approximate surface area is 183 Å². The van der Waals surface area contributed by atoms with E-state index in [1.165, 1.54) is 17.4 Å². The summed E-state index contributed by atoms with van der Waals surface area (Å²) in [6, 6.07) is 5.07. The van der Waals surface area contributed by atoms with Gasteiger partial charge in [0.15, 0.2) is 24.0 Å². The molecule has 1 aliphatic carbocycles. The minimum atomic E-state index is -0.512. The van der Waals surface area contributed by atoms with Crippen LogP contribution in [0.2, 0.25) is 0 Å². The summed E-state index contributed by atoms with van der Waals surface area (Å²) >= 11 is 1.52. The van der Waals surface area contributed by atoms with Crippen LogP contribution in [-0.2, 0) is 24.8 Å². The van der Waals surface area contributed by atoms with Gasteiger partial charge in [0.1, 0.15) is 0 Å². The smallest absolute Gasteiger partial charge is 0.265 e. The van der Waals surface area contributed by atoms with Crippen molar-refractivity contribution in [3.63, 3.8) is 0 Å². The van der Waals surface area contributed by atoms with Crippen LogP contribution in [0.4, 0.5) is 10.1 Å². The van der Waals surface area contributed by atoms with Crippen LogP contribution >= 0.6 is 11.3 Å². The summed E-state index contributed by atoms with van der Waals surface area (Å²) in [7, 11) is 1.86. The average molecular weight is 440 g/mol. The molecule has 8 heteroatoms. The minimum absolute atomic E-state index is 0.0833. The summed E-state index contributed by atoms with van der Waals surface area (Å²) in [5.74, 6) is -0.514. The number of aryl methyl sites for hydroxylation is 3. The molecule has 0 unspecified atom stereocenters. The van der Waals surface area contributed by atoms with Crippen LogP contribution in [0.3, 0.4) is 0 Å². The second-order valence-corrected chi connectivity index (χ2v) is 9.21. The number of benzene rings is 1. The van der Waals surface area contributed by atoms with E-state index in [0.29, 0.717) is 24.2 Å². The van der Waals surface area contributed by atoms with Crippen molar-refractivity contribution in [2.24, 2.45) is 7.05 Å². The first-order chi connectivity index (χ1) is 14.8. The Hall–Kier alpha value is -3.00. The van der Waals surface area contributed by atoms with Crippen molar-refractivity contribution in [2.45, 2.75) is 39.7 Å². The fourth-order valence-electron chi connectivity index (χ4n) is 4.33. The molecule has 0 saturated heterocycles. The molecule has 0 fully saturated rings. The molecule has 5 rings (SSSR count). The summed E-state index contributed by atoms with van der Waals surface area (Å²) in [5, 5.41) is 4.43. The predicted molar refractivity (Wildman–Crippen MR) is 116 cm³/mol. The van der Waals surface area contributed by atoms with Crippen LogP contribution in [0.5, 0.6) is 5.75 Å². The zero-order chi connectivity index (χ0) is 21.9. The summed E-state index contributed by atoms with van der Waals surface area (Å²) in [4.78, 5) is 28.5. The highest BCUT2D eigenvalue weighted by atomic mass is 32.1. The Balaban J connectivity index is 1.59. The third kappa shape index (κ3) is 3.26. The van der Waals surface area contributed by atoms with Crippen molar-refractivity contribution in [1.82, 2.24) is 9.78 Å². The second-order valence-electron chi connectivity index (χ2n) is 8.07. The van der Waals surface area contributed by atoms with E-state index in [1.54, 1.807) is 15.6 Å². The number of hydrogen-bond donors (Lipinski definition) is 0. The summed E-state index contributed by atoms with van der Waals surface area (Å²) in [6.45, 7) is 3.94. The third-order valence-corrected chi connectivity index (χ3v) is 7.38. The van der Waals surface area contributed by atoms with Crippen molar-refractivity contribution in [1.29, 1.82) is 0 Å². The molecule has 0 N–H and O–H groups in total. The number of ether oxygens (including phenoxy) is 1. The van der Waals surface area contributed by atoms with Crippen LogP contribution < -0.4 is 9.64 Å². The number of anilines is 1. The molecule has 2 aromatic heterocycles. The SMILES string of the molecule is Cc1nn(C)c(C)c1CN1C(=O)COc2c(F)cc(-c3cc4c(s3)CCCC4=O)cc21. The van der Waals surface area contributed by atoms with Gasteiger partial charge in [-0.2, -0.15) is 5.10 Å². The molecule has 0 radical (unpaired) electrons. The van der Waals surface area contributed by atoms with E-state index in [2.05, 4.69) is 5.10 Å². The van der Waals surface area contributed by atoms with Crippen molar-refractivity contribution in [3.05, 3.63) is 51.4 Å². The highest BCUT2D eigenvalue weighted by molar-refractivity contribution is 7.15. The Bertz CT molecular complexity index is 1240. The summed E-state index contributed by atoms with van der Waals surface area (Å²) in [5.41, 5.74) is 4.53. The minimum Gasteiger partial charge on any atom is -0.478 e. The predicted octanol–water partition coefficient (Wildman–Crippen LogP) is 4.35. The lowest BCUT2D eigenvalue weighted by atomic mass is 9.97. The molecule has 3 aromatic rings. The maximum atomic E-state index is 15.0. The number of rotatable bonds is 3. The lowest BCUT2D eigenvalue weighted by Gasteiger charge is -2.30. The molecule has 1 amide bonds. The number of fused-ring (bicyclic) bond motifs is 2. The highest BCUT2D eigenvalue weighted by Gasteiger charge is 2.31. The largest absolute Gasteiger partial charge is 0.478 e. The normalized spacial score (nSPS) is 15.7. The molecule has 2 aliphatic rings. The van der Waals surface area contributed by atoms with Gasteiger partial charge < -0.3 is 9.64 Å². The number of carbonyl (C=O) groups excluding carboxylic acids is 2. The zero-order valence-corrected chi connectivity index (χ0v) is 18.4. The van der Waals surface area contributed by atoms with Crippen molar-refractivity contribution < 1.29 is 18.7 Å². The first-order valence-corrected chi connectivity index (χ1v) is 11.1. The van der Waals surface area contributed by atoms with Gasteiger partial charge in [-0.05, 0) is 50.5 Å². The number of carbonyl (C=O) groups is 2. The lowest BCUT2D eigenvalue weighted by molar-refractivity contribution is -0.121. The van der Waals surface area contributed by atoms with E-state index < -0.39 is 5.82 Å². The second kappa shape index (κ2) is 7.30. The number of aromatic nitrogens is 2. The van der Waals surface area contributed by atoms with Gasteiger partial charge in [0.25, 0.3) is 5.91 Å². The van der Waals surface area contributed by atoms with Crippen LogP contribution in [0.25, 0.3) is 10.4 Å². The van der Waals surface area contributed by atoms with E-state index in [4.69, 9.17) is 4.74 Å². The first kappa shape index (κ1) is 19.9. The Morgan fingerprint density at radius 3 is 2.71 bits per heavy atom. The maximum Gasteiger partial charge on any atom is 0.265 e. The van der Waals surface area contributed by atoms with Crippen molar-refractivity contribution in [3.8, 4) is 16.2 Å². The summed E-state index contributed by atoms with van der Waals surface area (Å²) in [6.07, 6.45) is 2.28. The van der Waals surface area contributed by atoms with Crippen LogP contribution in [0, 0.1) is 19.7 Å². The topological polar surface area (TPSA) is 64.4 Å². The number of hydrogen-bond acceptors (Lipinski definition) is 5. The molecule has 6 nitrogen and oxygen atoms in total. The molecule has 0 saturated carbocycles. The maximum absolute atomic E-state index is 15.0.